The normalized spacial score (nSPS) is 10.7. The largest absolute Gasteiger partial charge is 0.412 e. The van der Waals surface area contributed by atoms with E-state index in [1.165, 1.54) is 68.9 Å². The van der Waals surface area contributed by atoms with Crippen molar-refractivity contribution in [1.82, 2.24) is 0 Å². The monoisotopic (exact) mass is 329 g/mol. The van der Waals surface area contributed by atoms with Gasteiger partial charge in [0, 0.05) is 5.54 Å². The van der Waals surface area contributed by atoms with Crippen molar-refractivity contribution in [3.05, 3.63) is 35.4 Å². The summed E-state index contributed by atoms with van der Waals surface area (Å²) in [5.41, 5.74) is 8.77. The molecule has 0 bridgehead atoms. The van der Waals surface area contributed by atoms with Crippen LogP contribution in [-0.2, 0) is 12.0 Å². The van der Waals surface area contributed by atoms with Crippen LogP contribution in [0, 0.1) is 0 Å². The Kier molecular flexibility index (Phi) is 13.9. The van der Waals surface area contributed by atoms with E-state index in [0.29, 0.717) is 0 Å². The zero-order valence-electron chi connectivity index (χ0n) is 14.7. The molecule has 22 heavy (non-hydrogen) atoms. The fourth-order valence-electron chi connectivity index (χ4n) is 2.82. The Hall–Kier alpha value is -0.570. The number of hydrogen-bond donors (Lipinski definition) is 1. The summed E-state index contributed by atoms with van der Waals surface area (Å²) >= 11 is 0. The van der Waals surface area contributed by atoms with Gasteiger partial charge in [-0.1, -0.05) is 76.1 Å². The first kappa shape index (κ1) is 23.7. The van der Waals surface area contributed by atoms with E-state index in [0.717, 1.165) is 0 Å². The molecule has 0 fully saturated rings. The van der Waals surface area contributed by atoms with Crippen LogP contribution in [0.25, 0.3) is 0 Å². The zero-order chi connectivity index (χ0) is 14.8. The van der Waals surface area contributed by atoms with Crippen molar-refractivity contribution in [2.24, 2.45) is 5.73 Å². The van der Waals surface area contributed by atoms with Gasteiger partial charge in [-0.3, -0.25) is 0 Å². The van der Waals surface area contributed by atoms with Crippen molar-refractivity contribution >= 4 is 12.4 Å². The molecule has 0 unspecified atom stereocenters. The summed E-state index contributed by atoms with van der Waals surface area (Å²) < 4.78 is 0. The van der Waals surface area contributed by atoms with E-state index < -0.39 is 0 Å². The van der Waals surface area contributed by atoms with Gasteiger partial charge in [-0.15, -0.1) is 12.4 Å². The van der Waals surface area contributed by atoms with Crippen LogP contribution in [0.3, 0.4) is 0 Å². The van der Waals surface area contributed by atoms with Crippen LogP contribution in [0.4, 0.5) is 0 Å². The van der Waals surface area contributed by atoms with Crippen LogP contribution in [0.5, 0.6) is 0 Å². The average molecular weight is 330 g/mol. The highest BCUT2D eigenvalue weighted by atomic mass is 35.5. The minimum Gasteiger partial charge on any atom is -0.412 e. The molecule has 0 saturated carbocycles. The summed E-state index contributed by atoms with van der Waals surface area (Å²) in [5, 5.41) is 0. The predicted octanol–water partition coefficient (Wildman–Crippen LogP) is 5.16. The highest BCUT2D eigenvalue weighted by Gasteiger charge is 2.17. The molecule has 0 aliphatic rings. The minimum absolute atomic E-state index is 0. The zero-order valence-corrected chi connectivity index (χ0v) is 15.5. The molecule has 0 amide bonds. The molecule has 1 rings (SSSR count). The number of benzene rings is 1. The molecule has 3 heteroatoms. The Morgan fingerprint density at radius 1 is 0.864 bits per heavy atom. The molecule has 0 spiro atoms. The molecule has 0 heterocycles. The summed E-state index contributed by atoms with van der Waals surface area (Å²) in [6.45, 7) is 6.47. The lowest BCUT2D eigenvalue weighted by Crippen LogP contribution is -2.30. The Balaban J connectivity index is 0. The van der Waals surface area contributed by atoms with Crippen molar-refractivity contribution < 1.29 is 5.48 Å². The van der Waals surface area contributed by atoms with Crippen LogP contribution < -0.4 is 5.73 Å². The Morgan fingerprint density at radius 2 is 1.36 bits per heavy atom. The van der Waals surface area contributed by atoms with Crippen molar-refractivity contribution in [2.75, 3.05) is 0 Å². The molecular weight excluding hydrogens is 294 g/mol. The van der Waals surface area contributed by atoms with E-state index in [1.807, 2.05) is 0 Å². The highest BCUT2D eigenvalue weighted by Crippen LogP contribution is 2.23. The first-order valence-electron chi connectivity index (χ1n) is 8.43. The lowest BCUT2D eigenvalue weighted by atomic mass is 9.89. The van der Waals surface area contributed by atoms with E-state index in [2.05, 4.69) is 45.0 Å². The van der Waals surface area contributed by atoms with Gasteiger partial charge in [0.15, 0.2) is 0 Å². The van der Waals surface area contributed by atoms with Gasteiger partial charge in [-0.05, 0) is 37.8 Å². The van der Waals surface area contributed by atoms with E-state index in [4.69, 9.17) is 5.73 Å². The second-order valence-corrected chi connectivity index (χ2v) is 6.60. The molecule has 4 N–H and O–H groups in total. The second kappa shape index (κ2) is 12.9. The Labute approximate surface area is 143 Å². The highest BCUT2D eigenvalue weighted by molar-refractivity contribution is 5.85. The van der Waals surface area contributed by atoms with Crippen LogP contribution in [0.15, 0.2) is 24.3 Å². The van der Waals surface area contributed by atoms with E-state index >= 15 is 0 Å². The predicted molar refractivity (Wildman–Crippen MR) is 101 cm³/mol. The standard InChI is InChI=1S/C19H33N.ClH.H2O/c1-4-5-6-7-8-9-10-11-14-17-15-12-13-16-18(17)19(2,3)20;;/h12-13,15-16H,4-11,14,20H2,1-3H3;1H;1H2. The molecule has 0 saturated heterocycles. The summed E-state index contributed by atoms with van der Waals surface area (Å²) in [7, 11) is 0. The Bertz CT molecular complexity index is 374. The van der Waals surface area contributed by atoms with Gasteiger partial charge in [-0.2, -0.15) is 0 Å². The van der Waals surface area contributed by atoms with Gasteiger partial charge in [0.2, 0.25) is 0 Å². The van der Waals surface area contributed by atoms with Crippen molar-refractivity contribution in [3.8, 4) is 0 Å². The number of unbranched alkanes of at least 4 members (excludes halogenated alkanes) is 7. The third kappa shape index (κ3) is 9.45. The van der Waals surface area contributed by atoms with Gasteiger partial charge < -0.3 is 11.2 Å². The first-order chi connectivity index (χ1) is 9.55. The van der Waals surface area contributed by atoms with Crippen molar-refractivity contribution in [2.45, 2.75) is 84.1 Å². The van der Waals surface area contributed by atoms with Crippen molar-refractivity contribution in [3.63, 3.8) is 0 Å². The van der Waals surface area contributed by atoms with Gasteiger partial charge in [0.05, 0.1) is 0 Å². The summed E-state index contributed by atoms with van der Waals surface area (Å²) in [4.78, 5) is 0. The van der Waals surface area contributed by atoms with Crippen LogP contribution in [-0.4, -0.2) is 5.48 Å². The van der Waals surface area contributed by atoms with E-state index in [1.54, 1.807) is 0 Å². The molecule has 0 atom stereocenters. The molecule has 2 nitrogen and oxygen atoms in total. The SMILES string of the molecule is CCCCCCCCCCc1ccccc1C(C)(C)N.Cl.O. The second-order valence-electron chi connectivity index (χ2n) is 6.60. The van der Waals surface area contributed by atoms with Gasteiger partial charge in [0.1, 0.15) is 0 Å². The lowest BCUT2D eigenvalue weighted by Gasteiger charge is -2.22. The maximum Gasteiger partial charge on any atom is 0.0355 e. The summed E-state index contributed by atoms with van der Waals surface area (Å²) in [6.07, 6.45) is 12.2. The van der Waals surface area contributed by atoms with Gasteiger partial charge in [0.25, 0.3) is 0 Å². The van der Waals surface area contributed by atoms with Gasteiger partial charge in [-0.25, -0.2) is 0 Å². The number of nitrogens with two attached hydrogens (primary N) is 1. The molecular formula is C19H36ClNO. The van der Waals surface area contributed by atoms with Crippen molar-refractivity contribution in [1.29, 1.82) is 0 Å². The van der Waals surface area contributed by atoms with E-state index in [-0.39, 0.29) is 23.4 Å². The summed E-state index contributed by atoms with van der Waals surface area (Å²) in [5.74, 6) is 0. The fourth-order valence-corrected chi connectivity index (χ4v) is 2.82. The van der Waals surface area contributed by atoms with Crippen LogP contribution in [0.1, 0.15) is 83.3 Å². The number of hydrogen-bond acceptors (Lipinski definition) is 1. The maximum atomic E-state index is 6.26. The molecule has 0 aliphatic heterocycles. The molecule has 0 radical (unpaired) electrons. The number of aryl methyl sites for hydroxylation is 1. The Morgan fingerprint density at radius 3 is 1.91 bits per heavy atom. The van der Waals surface area contributed by atoms with Crippen LogP contribution >= 0.6 is 12.4 Å². The molecule has 130 valence electrons. The number of rotatable bonds is 10. The fraction of sp³-hybridized carbons (Fsp3) is 0.684. The van der Waals surface area contributed by atoms with Crippen LogP contribution in [0.2, 0.25) is 0 Å². The maximum absolute atomic E-state index is 6.26. The topological polar surface area (TPSA) is 57.5 Å². The van der Waals surface area contributed by atoms with Gasteiger partial charge >= 0.3 is 0 Å². The number of halogens is 1. The summed E-state index contributed by atoms with van der Waals surface area (Å²) in [6, 6.07) is 8.65. The average Bonchev–Trinajstić information content (AvgIpc) is 2.41. The molecule has 0 aliphatic carbocycles. The molecule has 1 aromatic rings. The lowest BCUT2D eigenvalue weighted by molar-refractivity contribution is 0.541. The quantitative estimate of drug-likeness (QED) is 0.592. The third-order valence-corrected chi connectivity index (χ3v) is 4.01. The molecule has 1 aromatic carbocycles. The van der Waals surface area contributed by atoms with E-state index in [9.17, 15) is 0 Å². The third-order valence-electron chi connectivity index (χ3n) is 4.01. The smallest absolute Gasteiger partial charge is 0.0355 e. The first-order valence-corrected chi connectivity index (χ1v) is 8.43. The minimum atomic E-state index is -0.225. The molecule has 0 aromatic heterocycles.